The highest BCUT2D eigenvalue weighted by Crippen LogP contribution is 2.24. The number of Topliss-reactive ketones (excluding diaryl/α,β-unsaturated/α-hetero) is 1. The smallest absolute Gasteiger partial charge is 0.167 e. The van der Waals surface area contributed by atoms with Crippen LogP contribution in [0.2, 0.25) is 0 Å². The van der Waals surface area contributed by atoms with Gasteiger partial charge in [0.15, 0.2) is 5.78 Å². The second kappa shape index (κ2) is 6.95. The summed E-state index contributed by atoms with van der Waals surface area (Å²) < 4.78 is 6.12. The SMILES string of the molecule is COc1ccc(Br)c(CC(=O)c2ccc(SC)cc2)c1. The van der Waals surface area contributed by atoms with Gasteiger partial charge in [0.2, 0.25) is 0 Å². The van der Waals surface area contributed by atoms with Crippen LogP contribution >= 0.6 is 27.7 Å². The average molecular weight is 351 g/mol. The van der Waals surface area contributed by atoms with Crippen molar-refractivity contribution in [2.45, 2.75) is 11.3 Å². The molecule has 0 bridgehead atoms. The summed E-state index contributed by atoms with van der Waals surface area (Å²) in [6.07, 6.45) is 2.38. The van der Waals surface area contributed by atoms with Crippen molar-refractivity contribution in [2.24, 2.45) is 0 Å². The lowest BCUT2D eigenvalue weighted by Crippen LogP contribution is -2.04. The molecule has 2 aromatic carbocycles. The molecule has 0 spiro atoms. The van der Waals surface area contributed by atoms with E-state index < -0.39 is 0 Å². The van der Waals surface area contributed by atoms with Crippen LogP contribution in [0.3, 0.4) is 0 Å². The van der Waals surface area contributed by atoms with E-state index in [1.807, 2.05) is 48.7 Å². The summed E-state index contributed by atoms with van der Waals surface area (Å²) in [5, 5.41) is 0. The molecule has 2 rings (SSSR count). The van der Waals surface area contributed by atoms with E-state index in [2.05, 4.69) is 15.9 Å². The van der Waals surface area contributed by atoms with E-state index >= 15 is 0 Å². The summed E-state index contributed by atoms with van der Waals surface area (Å²) in [5.41, 5.74) is 1.67. The molecular formula is C16H15BrO2S. The van der Waals surface area contributed by atoms with Gasteiger partial charge in [0, 0.05) is 21.4 Å². The zero-order valence-corrected chi connectivity index (χ0v) is 13.8. The lowest BCUT2D eigenvalue weighted by molar-refractivity contribution is 0.0992. The monoisotopic (exact) mass is 350 g/mol. The number of ether oxygens (including phenoxy) is 1. The summed E-state index contributed by atoms with van der Waals surface area (Å²) in [6.45, 7) is 0. The predicted octanol–water partition coefficient (Wildman–Crippen LogP) is 4.61. The minimum atomic E-state index is 0.103. The van der Waals surface area contributed by atoms with Gasteiger partial charge >= 0.3 is 0 Å². The van der Waals surface area contributed by atoms with Crippen LogP contribution < -0.4 is 4.74 Å². The molecule has 0 saturated heterocycles. The second-order valence-electron chi connectivity index (χ2n) is 4.29. The van der Waals surface area contributed by atoms with Crippen LogP contribution in [0.1, 0.15) is 15.9 Å². The number of ketones is 1. The largest absolute Gasteiger partial charge is 0.497 e. The van der Waals surface area contributed by atoms with Gasteiger partial charge in [-0.25, -0.2) is 0 Å². The van der Waals surface area contributed by atoms with Gasteiger partial charge in [-0.05, 0) is 42.2 Å². The maximum absolute atomic E-state index is 12.3. The Labute approximate surface area is 131 Å². The van der Waals surface area contributed by atoms with Crippen LogP contribution in [0, 0.1) is 0 Å². The van der Waals surface area contributed by atoms with Gasteiger partial charge in [0.1, 0.15) is 5.75 Å². The Morgan fingerprint density at radius 2 is 1.90 bits per heavy atom. The van der Waals surface area contributed by atoms with Crippen molar-refractivity contribution >= 4 is 33.5 Å². The van der Waals surface area contributed by atoms with Crippen molar-refractivity contribution in [1.29, 1.82) is 0 Å². The Morgan fingerprint density at radius 3 is 2.50 bits per heavy atom. The number of halogens is 1. The fourth-order valence-electron chi connectivity index (χ4n) is 1.87. The number of carbonyl (C=O) groups excluding carboxylic acids is 1. The fraction of sp³-hybridized carbons (Fsp3) is 0.188. The van der Waals surface area contributed by atoms with Gasteiger partial charge in [0.25, 0.3) is 0 Å². The van der Waals surface area contributed by atoms with Crippen molar-refractivity contribution < 1.29 is 9.53 Å². The summed E-state index contributed by atoms with van der Waals surface area (Å²) in [7, 11) is 1.62. The molecule has 0 aliphatic rings. The molecular weight excluding hydrogens is 336 g/mol. The molecule has 104 valence electrons. The van der Waals surface area contributed by atoms with E-state index in [0.717, 1.165) is 26.2 Å². The number of benzene rings is 2. The zero-order chi connectivity index (χ0) is 14.5. The lowest BCUT2D eigenvalue weighted by atomic mass is 10.0. The molecule has 0 saturated carbocycles. The van der Waals surface area contributed by atoms with Crippen LogP contribution in [0.25, 0.3) is 0 Å². The number of carbonyl (C=O) groups is 1. The Hall–Kier alpha value is -1.26. The quantitative estimate of drug-likeness (QED) is 0.582. The third-order valence-electron chi connectivity index (χ3n) is 3.02. The van der Waals surface area contributed by atoms with Crippen LogP contribution in [-0.4, -0.2) is 19.1 Å². The van der Waals surface area contributed by atoms with E-state index in [9.17, 15) is 4.79 Å². The summed E-state index contributed by atoms with van der Waals surface area (Å²) in [6, 6.07) is 13.4. The molecule has 0 aliphatic carbocycles. The Morgan fingerprint density at radius 1 is 1.20 bits per heavy atom. The third kappa shape index (κ3) is 3.64. The standard InChI is InChI=1S/C16H15BrO2S/c1-19-13-5-8-15(17)12(9-13)10-16(18)11-3-6-14(20-2)7-4-11/h3-9H,10H2,1-2H3. The van der Waals surface area contributed by atoms with Gasteiger partial charge in [0.05, 0.1) is 7.11 Å². The molecule has 20 heavy (non-hydrogen) atoms. The fourth-order valence-corrected chi connectivity index (χ4v) is 2.66. The first-order chi connectivity index (χ1) is 9.63. The van der Waals surface area contributed by atoms with E-state index in [4.69, 9.17) is 4.74 Å². The van der Waals surface area contributed by atoms with Gasteiger partial charge in [-0.2, -0.15) is 0 Å². The predicted molar refractivity (Wildman–Crippen MR) is 87.0 cm³/mol. The van der Waals surface area contributed by atoms with E-state index in [1.54, 1.807) is 18.9 Å². The van der Waals surface area contributed by atoms with Gasteiger partial charge in [-0.3, -0.25) is 4.79 Å². The number of methoxy groups -OCH3 is 1. The van der Waals surface area contributed by atoms with E-state index in [0.29, 0.717) is 6.42 Å². The molecule has 2 nitrogen and oxygen atoms in total. The highest BCUT2D eigenvalue weighted by molar-refractivity contribution is 9.10. The van der Waals surface area contributed by atoms with E-state index in [-0.39, 0.29) is 5.78 Å². The molecule has 0 heterocycles. The van der Waals surface area contributed by atoms with E-state index in [1.165, 1.54) is 0 Å². The molecule has 0 aliphatic heterocycles. The highest BCUT2D eigenvalue weighted by atomic mass is 79.9. The molecule has 0 unspecified atom stereocenters. The molecule has 0 radical (unpaired) electrons. The summed E-state index contributed by atoms with van der Waals surface area (Å²) in [4.78, 5) is 13.5. The minimum absolute atomic E-state index is 0.103. The number of rotatable bonds is 5. The molecule has 0 aromatic heterocycles. The molecule has 0 atom stereocenters. The minimum Gasteiger partial charge on any atom is -0.497 e. The van der Waals surface area contributed by atoms with Crippen molar-refractivity contribution in [3.05, 3.63) is 58.1 Å². The van der Waals surface area contributed by atoms with Crippen LogP contribution in [-0.2, 0) is 6.42 Å². The molecule has 0 fully saturated rings. The van der Waals surface area contributed by atoms with Crippen molar-refractivity contribution in [3.63, 3.8) is 0 Å². The lowest BCUT2D eigenvalue weighted by Gasteiger charge is -2.07. The van der Waals surface area contributed by atoms with Gasteiger partial charge < -0.3 is 4.74 Å². The highest BCUT2D eigenvalue weighted by Gasteiger charge is 2.10. The van der Waals surface area contributed by atoms with Crippen LogP contribution in [0.4, 0.5) is 0 Å². The molecule has 2 aromatic rings. The number of hydrogen-bond donors (Lipinski definition) is 0. The Bertz CT molecular complexity index is 608. The first-order valence-electron chi connectivity index (χ1n) is 6.13. The number of thioether (sulfide) groups is 1. The topological polar surface area (TPSA) is 26.3 Å². The van der Waals surface area contributed by atoms with Crippen LogP contribution in [0.15, 0.2) is 51.8 Å². The Balaban J connectivity index is 2.18. The first kappa shape index (κ1) is 15.1. The van der Waals surface area contributed by atoms with Gasteiger partial charge in [-0.1, -0.05) is 28.1 Å². The van der Waals surface area contributed by atoms with Crippen LogP contribution in [0.5, 0.6) is 5.75 Å². The van der Waals surface area contributed by atoms with Crippen molar-refractivity contribution in [2.75, 3.05) is 13.4 Å². The normalized spacial score (nSPS) is 10.3. The van der Waals surface area contributed by atoms with Gasteiger partial charge in [-0.15, -0.1) is 11.8 Å². The molecule has 0 amide bonds. The molecule has 0 N–H and O–H groups in total. The first-order valence-corrected chi connectivity index (χ1v) is 8.15. The maximum atomic E-state index is 12.3. The average Bonchev–Trinajstić information content (AvgIpc) is 2.49. The number of hydrogen-bond acceptors (Lipinski definition) is 3. The summed E-state index contributed by atoms with van der Waals surface area (Å²) >= 11 is 5.14. The van der Waals surface area contributed by atoms with Crippen molar-refractivity contribution in [3.8, 4) is 5.75 Å². The maximum Gasteiger partial charge on any atom is 0.167 e. The third-order valence-corrected chi connectivity index (χ3v) is 4.53. The second-order valence-corrected chi connectivity index (χ2v) is 6.02. The summed E-state index contributed by atoms with van der Waals surface area (Å²) in [5.74, 6) is 0.861. The zero-order valence-electron chi connectivity index (χ0n) is 11.4. The molecule has 4 heteroatoms. The Kier molecular flexibility index (Phi) is 5.26. The van der Waals surface area contributed by atoms with Crippen molar-refractivity contribution in [1.82, 2.24) is 0 Å².